The Hall–Kier alpha value is -0.950. The van der Waals surface area contributed by atoms with Crippen LogP contribution in [0.3, 0.4) is 0 Å². The zero-order valence-electron chi connectivity index (χ0n) is 11.2. The second-order valence-electron chi connectivity index (χ2n) is 3.84. The van der Waals surface area contributed by atoms with Gasteiger partial charge in [0.1, 0.15) is 0 Å². The largest absolute Gasteiger partial charge is 0.383 e. The van der Waals surface area contributed by atoms with Crippen molar-refractivity contribution in [3.63, 3.8) is 0 Å². The molecule has 0 bridgehead atoms. The van der Waals surface area contributed by atoms with Crippen LogP contribution in [-0.4, -0.2) is 26.0 Å². The molecule has 0 aliphatic rings. The highest BCUT2D eigenvalue weighted by Gasteiger charge is 1.96. The maximum atomic E-state index is 5.00. The van der Waals surface area contributed by atoms with Gasteiger partial charge in [0.2, 0.25) is 0 Å². The smallest absolute Gasteiger partial charge is 0.0587 e. The van der Waals surface area contributed by atoms with E-state index in [1.54, 1.807) is 7.11 Å². The molecule has 0 fully saturated rings. The first-order valence-electron chi connectivity index (χ1n) is 6.18. The van der Waals surface area contributed by atoms with Gasteiger partial charge in [-0.25, -0.2) is 0 Å². The molecule has 0 saturated carbocycles. The Labute approximate surface area is 115 Å². The number of thioether (sulfide) groups is 1. The van der Waals surface area contributed by atoms with Gasteiger partial charge in [0.25, 0.3) is 0 Å². The van der Waals surface area contributed by atoms with E-state index in [4.69, 9.17) is 4.74 Å². The summed E-state index contributed by atoms with van der Waals surface area (Å²) in [6, 6.07) is 8.66. The fraction of sp³-hybridized carbons (Fsp3) is 0.467. The van der Waals surface area contributed by atoms with Crippen LogP contribution in [0.15, 0.2) is 29.2 Å². The van der Waals surface area contributed by atoms with Crippen molar-refractivity contribution >= 4 is 11.8 Å². The van der Waals surface area contributed by atoms with Crippen LogP contribution in [0.25, 0.3) is 0 Å². The quantitative estimate of drug-likeness (QED) is 0.443. The van der Waals surface area contributed by atoms with E-state index in [0.717, 1.165) is 31.9 Å². The lowest BCUT2D eigenvalue weighted by molar-refractivity contribution is 0.199. The van der Waals surface area contributed by atoms with Gasteiger partial charge in [0.05, 0.1) is 6.61 Å². The molecule has 2 nitrogen and oxygen atoms in total. The molecule has 98 valence electrons. The van der Waals surface area contributed by atoms with Crippen LogP contribution in [0.1, 0.15) is 18.9 Å². The maximum Gasteiger partial charge on any atom is 0.0587 e. The van der Waals surface area contributed by atoms with Crippen molar-refractivity contribution in [1.82, 2.24) is 5.32 Å². The first-order chi connectivity index (χ1) is 8.86. The minimum absolute atomic E-state index is 0.754. The van der Waals surface area contributed by atoms with Gasteiger partial charge in [-0.2, -0.15) is 0 Å². The van der Waals surface area contributed by atoms with Crippen molar-refractivity contribution < 1.29 is 4.74 Å². The Balaban J connectivity index is 2.33. The van der Waals surface area contributed by atoms with Crippen LogP contribution in [0.4, 0.5) is 0 Å². The van der Waals surface area contributed by atoms with Crippen molar-refractivity contribution in [2.24, 2.45) is 0 Å². The van der Waals surface area contributed by atoms with Crippen molar-refractivity contribution in [2.75, 3.05) is 26.0 Å². The fourth-order valence-electron chi connectivity index (χ4n) is 1.50. The molecule has 0 aliphatic heterocycles. The van der Waals surface area contributed by atoms with Crippen molar-refractivity contribution in [1.29, 1.82) is 0 Å². The predicted octanol–water partition coefficient (Wildman–Crippen LogP) is 2.93. The normalized spacial score (nSPS) is 9.89. The van der Waals surface area contributed by atoms with Gasteiger partial charge >= 0.3 is 0 Å². The molecular weight excluding hydrogens is 242 g/mol. The molecule has 1 aromatic carbocycles. The van der Waals surface area contributed by atoms with Gasteiger partial charge in [-0.05, 0) is 24.6 Å². The molecule has 0 amide bonds. The molecule has 0 atom stereocenters. The molecule has 18 heavy (non-hydrogen) atoms. The van der Waals surface area contributed by atoms with Crippen LogP contribution in [-0.2, 0) is 11.3 Å². The molecule has 1 aromatic rings. The van der Waals surface area contributed by atoms with Crippen LogP contribution in [0.2, 0.25) is 0 Å². The van der Waals surface area contributed by atoms with Gasteiger partial charge in [0, 0.05) is 37.3 Å². The summed E-state index contributed by atoms with van der Waals surface area (Å²) < 4.78 is 5.00. The Kier molecular flexibility index (Phi) is 8.41. The van der Waals surface area contributed by atoms with Gasteiger partial charge in [-0.3, -0.25) is 0 Å². The zero-order valence-corrected chi connectivity index (χ0v) is 12.0. The standard InChI is InChI=1S/C15H21NOS/c1-3-4-5-11-18-15-8-6-7-14(12-15)13-16-9-10-17-2/h6-8,12,16H,5,9-11,13H2,1-2H3. The number of hydrogen-bond acceptors (Lipinski definition) is 3. The first kappa shape index (κ1) is 15.1. The average molecular weight is 263 g/mol. The minimum Gasteiger partial charge on any atom is -0.383 e. The molecule has 0 aliphatic carbocycles. The highest BCUT2D eigenvalue weighted by molar-refractivity contribution is 7.99. The van der Waals surface area contributed by atoms with E-state index in [1.807, 2.05) is 18.7 Å². The molecule has 0 radical (unpaired) electrons. The first-order valence-corrected chi connectivity index (χ1v) is 7.16. The SMILES string of the molecule is CC#CCCSc1cccc(CNCCOC)c1. The van der Waals surface area contributed by atoms with Crippen molar-refractivity contribution in [3.05, 3.63) is 29.8 Å². The summed E-state index contributed by atoms with van der Waals surface area (Å²) in [7, 11) is 1.72. The third-order valence-corrected chi connectivity index (χ3v) is 3.38. The zero-order chi connectivity index (χ0) is 13.1. The third kappa shape index (κ3) is 6.70. The van der Waals surface area contributed by atoms with Gasteiger partial charge in [-0.15, -0.1) is 23.6 Å². The number of ether oxygens (including phenoxy) is 1. The second kappa shape index (κ2) is 10.0. The number of hydrogen-bond donors (Lipinski definition) is 1. The number of methoxy groups -OCH3 is 1. The van der Waals surface area contributed by atoms with E-state index in [2.05, 4.69) is 41.4 Å². The summed E-state index contributed by atoms with van der Waals surface area (Å²) in [6.07, 6.45) is 0.956. The lowest BCUT2D eigenvalue weighted by atomic mass is 10.2. The molecule has 0 unspecified atom stereocenters. The molecule has 3 heteroatoms. The fourth-order valence-corrected chi connectivity index (χ4v) is 2.35. The van der Waals surface area contributed by atoms with E-state index >= 15 is 0 Å². The van der Waals surface area contributed by atoms with Crippen molar-refractivity contribution in [2.45, 2.75) is 24.8 Å². The average Bonchev–Trinajstić information content (AvgIpc) is 2.40. The highest BCUT2D eigenvalue weighted by atomic mass is 32.2. The van der Waals surface area contributed by atoms with E-state index in [0.29, 0.717) is 0 Å². The Bertz CT molecular complexity index is 395. The van der Waals surface area contributed by atoms with E-state index in [-0.39, 0.29) is 0 Å². The maximum absolute atomic E-state index is 5.00. The predicted molar refractivity (Wildman–Crippen MR) is 78.8 cm³/mol. The minimum atomic E-state index is 0.754. The molecule has 0 spiro atoms. The van der Waals surface area contributed by atoms with Gasteiger partial charge in [0.15, 0.2) is 0 Å². The summed E-state index contributed by atoms with van der Waals surface area (Å²) in [4.78, 5) is 1.32. The van der Waals surface area contributed by atoms with E-state index in [1.165, 1.54) is 10.5 Å². The monoisotopic (exact) mass is 263 g/mol. The van der Waals surface area contributed by atoms with Crippen LogP contribution in [0, 0.1) is 11.8 Å². The number of rotatable bonds is 8. The summed E-state index contributed by atoms with van der Waals surface area (Å²) >= 11 is 1.86. The molecule has 0 aromatic heterocycles. The summed E-state index contributed by atoms with van der Waals surface area (Å²) in [5.41, 5.74) is 1.32. The number of nitrogens with one attached hydrogen (secondary N) is 1. The topological polar surface area (TPSA) is 21.3 Å². The molecule has 1 N–H and O–H groups in total. The lowest BCUT2D eigenvalue weighted by Gasteiger charge is -2.06. The van der Waals surface area contributed by atoms with Gasteiger partial charge < -0.3 is 10.1 Å². The van der Waals surface area contributed by atoms with E-state index < -0.39 is 0 Å². The second-order valence-corrected chi connectivity index (χ2v) is 5.01. The van der Waals surface area contributed by atoms with Crippen molar-refractivity contribution in [3.8, 4) is 11.8 Å². The molecular formula is C15H21NOS. The molecule has 1 rings (SSSR count). The van der Waals surface area contributed by atoms with E-state index in [9.17, 15) is 0 Å². The Morgan fingerprint density at radius 1 is 1.39 bits per heavy atom. The molecule has 0 heterocycles. The number of benzene rings is 1. The van der Waals surface area contributed by atoms with Crippen LogP contribution < -0.4 is 5.32 Å². The highest BCUT2D eigenvalue weighted by Crippen LogP contribution is 2.19. The van der Waals surface area contributed by atoms with Crippen LogP contribution >= 0.6 is 11.8 Å². The Morgan fingerprint density at radius 2 is 2.28 bits per heavy atom. The summed E-state index contributed by atoms with van der Waals surface area (Å²) in [5, 5.41) is 3.35. The van der Waals surface area contributed by atoms with Crippen LogP contribution in [0.5, 0.6) is 0 Å². The summed E-state index contributed by atoms with van der Waals surface area (Å²) in [5.74, 6) is 7.06. The third-order valence-electron chi connectivity index (χ3n) is 2.38. The van der Waals surface area contributed by atoms with Gasteiger partial charge in [-0.1, -0.05) is 12.1 Å². The molecule has 0 saturated heterocycles. The lowest BCUT2D eigenvalue weighted by Crippen LogP contribution is -2.18. The summed E-state index contributed by atoms with van der Waals surface area (Å²) in [6.45, 7) is 4.42. The Morgan fingerprint density at radius 3 is 3.06 bits per heavy atom.